The van der Waals surface area contributed by atoms with Gasteiger partial charge in [-0.3, -0.25) is 0 Å². The largest absolute Gasteiger partial charge is 0.469 e. The van der Waals surface area contributed by atoms with Gasteiger partial charge in [-0.2, -0.15) is 0 Å². The molecule has 1 N–H and O–H groups in total. The summed E-state index contributed by atoms with van der Waals surface area (Å²) < 4.78 is 5.53. The Morgan fingerprint density at radius 2 is 1.85 bits per heavy atom. The Kier molecular flexibility index (Phi) is 5.02. The first-order valence-electron chi connectivity index (χ1n) is 7.45. The predicted octanol–water partition coefficient (Wildman–Crippen LogP) is 4.49. The van der Waals surface area contributed by atoms with Gasteiger partial charge in [0.2, 0.25) is 0 Å². The van der Waals surface area contributed by atoms with Gasteiger partial charge in [-0.1, -0.05) is 24.6 Å². The van der Waals surface area contributed by atoms with Crippen LogP contribution in [0.3, 0.4) is 0 Å². The van der Waals surface area contributed by atoms with Crippen LogP contribution in [0.2, 0.25) is 0 Å². The summed E-state index contributed by atoms with van der Waals surface area (Å²) in [5, 5.41) is 3.67. The molecule has 2 heteroatoms. The van der Waals surface area contributed by atoms with E-state index in [1.165, 1.54) is 22.3 Å². The number of benzene rings is 1. The third kappa shape index (κ3) is 3.51. The van der Waals surface area contributed by atoms with Gasteiger partial charge >= 0.3 is 0 Å². The number of rotatable bonds is 6. The maximum Gasteiger partial charge on any atom is 0.105 e. The normalized spacial score (nSPS) is 12.6. The van der Waals surface area contributed by atoms with Crippen LogP contribution in [0.1, 0.15) is 47.4 Å². The maximum absolute atomic E-state index is 5.53. The smallest absolute Gasteiger partial charge is 0.105 e. The van der Waals surface area contributed by atoms with E-state index in [-0.39, 0.29) is 0 Å². The molecule has 0 bridgehead atoms. The first kappa shape index (κ1) is 14.9. The fraction of sp³-hybridized carbons (Fsp3) is 0.444. The summed E-state index contributed by atoms with van der Waals surface area (Å²) in [5.74, 6) is 1.04. The van der Waals surface area contributed by atoms with E-state index in [2.05, 4.69) is 51.2 Å². The molecule has 0 radical (unpaired) electrons. The van der Waals surface area contributed by atoms with Crippen LogP contribution >= 0.6 is 0 Å². The van der Waals surface area contributed by atoms with Crippen molar-refractivity contribution in [1.29, 1.82) is 0 Å². The predicted molar refractivity (Wildman–Crippen MR) is 84.1 cm³/mol. The van der Waals surface area contributed by atoms with Crippen LogP contribution < -0.4 is 5.32 Å². The maximum atomic E-state index is 5.53. The lowest BCUT2D eigenvalue weighted by Crippen LogP contribution is -2.25. The molecular weight excluding hydrogens is 246 g/mol. The molecule has 1 unspecified atom stereocenters. The summed E-state index contributed by atoms with van der Waals surface area (Å²) in [6, 6.07) is 8.87. The van der Waals surface area contributed by atoms with Crippen molar-refractivity contribution in [2.24, 2.45) is 0 Å². The monoisotopic (exact) mass is 271 g/mol. The van der Waals surface area contributed by atoms with E-state index in [4.69, 9.17) is 4.42 Å². The Labute approximate surface area is 122 Å². The van der Waals surface area contributed by atoms with Crippen molar-refractivity contribution in [1.82, 2.24) is 5.32 Å². The molecule has 20 heavy (non-hydrogen) atoms. The SMILES string of the molecule is CCCNC(Cc1ccco1)c1c(C)cc(C)cc1C. The number of furan rings is 1. The minimum Gasteiger partial charge on any atom is -0.469 e. The van der Waals surface area contributed by atoms with Crippen molar-refractivity contribution < 1.29 is 4.42 Å². The second-order valence-electron chi connectivity index (χ2n) is 5.60. The lowest BCUT2D eigenvalue weighted by atomic mass is 9.91. The second kappa shape index (κ2) is 6.76. The molecule has 2 nitrogen and oxygen atoms in total. The molecule has 0 aliphatic rings. The summed E-state index contributed by atoms with van der Waals surface area (Å²) in [4.78, 5) is 0. The molecule has 0 saturated heterocycles. The summed E-state index contributed by atoms with van der Waals surface area (Å²) in [6.07, 6.45) is 3.79. The molecule has 1 heterocycles. The quantitative estimate of drug-likeness (QED) is 0.837. The highest BCUT2D eigenvalue weighted by atomic mass is 16.3. The van der Waals surface area contributed by atoms with E-state index in [0.717, 1.165) is 25.1 Å². The van der Waals surface area contributed by atoms with Gasteiger partial charge in [-0.15, -0.1) is 0 Å². The first-order chi connectivity index (χ1) is 9.61. The van der Waals surface area contributed by atoms with Crippen LogP contribution in [-0.2, 0) is 6.42 Å². The van der Waals surface area contributed by atoms with E-state index in [0.29, 0.717) is 6.04 Å². The van der Waals surface area contributed by atoms with Gasteiger partial charge in [0.1, 0.15) is 5.76 Å². The van der Waals surface area contributed by atoms with E-state index in [1.807, 2.05) is 6.07 Å². The van der Waals surface area contributed by atoms with Crippen molar-refractivity contribution in [2.45, 2.75) is 46.6 Å². The van der Waals surface area contributed by atoms with Crippen LogP contribution in [0.4, 0.5) is 0 Å². The third-order valence-corrected chi connectivity index (χ3v) is 3.71. The third-order valence-electron chi connectivity index (χ3n) is 3.71. The fourth-order valence-electron chi connectivity index (χ4n) is 2.97. The van der Waals surface area contributed by atoms with Crippen molar-refractivity contribution in [2.75, 3.05) is 6.54 Å². The van der Waals surface area contributed by atoms with Gasteiger partial charge in [-0.05, 0) is 62.6 Å². The molecule has 0 spiro atoms. The average Bonchev–Trinajstić information content (AvgIpc) is 2.87. The van der Waals surface area contributed by atoms with Crippen molar-refractivity contribution in [3.63, 3.8) is 0 Å². The highest BCUT2D eigenvalue weighted by Gasteiger charge is 2.17. The fourth-order valence-corrected chi connectivity index (χ4v) is 2.97. The van der Waals surface area contributed by atoms with Crippen LogP contribution in [0.15, 0.2) is 34.9 Å². The summed E-state index contributed by atoms with van der Waals surface area (Å²) in [7, 11) is 0. The molecule has 0 amide bonds. The highest BCUT2D eigenvalue weighted by Crippen LogP contribution is 2.26. The Hall–Kier alpha value is -1.54. The van der Waals surface area contributed by atoms with Gasteiger partial charge in [0.15, 0.2) is 0 Å². The zero-order chi connectivity index (χ0) is 14.5. The minimum atomic E-state index is 0.321. The molecule has 2 aromatic rings. The Morgan fingerprint density at radius 3 is 2.40 bits per heavy atom. The number of hydrogen-bond acceptors (Lipinski definition) is 2. The zero-order valence-electron chi connectivity index (χ0n) is 13.0. The van der Waals surface area contributed by atoms with Crippen molar-refractivity contribution in [3.05, 3.63) is 58.5 Å². The molecule has 1 aromatic heterocycles. The van der Waals surface area contributed by atoms with Gasteiger partial charge in [0.05, 0.1) is 6.26 Å². The first-order valence-corrected chi connectivity index (χ1v) is 7.45. The minimum absolute atomic E-state index is 0.321. The Bertz CT molecular complexity index is 520. The van der Waals surface area contributed by atoms with Crippen LogP contribution in [0.5, 0.6) is 0 Å². The number of hydrogen-bond donors (Lipinski definition) is 1. The molecule has 2 rings (SSSR count). The molecule has 108 valence electrons. The van der Waals surface area contributed by atoms with E-state index < -0.39 is 0 Å². The lowest BCUT2D eigenvalue weighted by Gasteiger charge is -2.23. The highest BCUT2D eigenvalue weighted by molar-refractivity contribution is 5.40. The van der Waals surface area contributed by atoms with Crippen molar-refractivity contribution in [3.8, 4) is 0 Å². The molecule has 0 fully saturated rings. The molecule has 0 aliphatic carbocycles. The van der Waals surface area contributed by atoms with Crippen molar-refractivity contribution >= 4 is 0 Å². The Balaban J connectivity index is 2.30. The molecule has 1 atom stereocenters. The molecule has 0 aliphatic heterocycles. The average molecular weight is 271 g/mol. The van der Waals surface area contributed by atoms with E-state index in [1.54, 1.807) is 6.26 Å². The topological polar surface area (TPSA) is 25.2 Å². The lowest BCUT2D eigenvalue weighted by molar-refractivity contribution is 0.447. The summed E-state index contributed by atoms with van der Waals surface area (Å²) in [6.45, 7) is 9.80. The summed E-state index contributed by atoms with van der Waals surface area (Å²) >= 11 is 0. The van der Waals surface area contributed by atoms with Crippen LogP contribution in [0, 0.1) is 20.8 Å². The molecular formula is C18H25NO. The number of aryl methyl sites for hydroxylation is 3. The van der Waals surface area contributed by atoms with E-state index >= 15 is 0 Å². The summed E-state index contributed by atoms with van der Waals surface area (Å²) in [5.41, 5.74) is 5.47. The zero-order valence-corrected chi connectivity index (χ0v) is 13.0. The molecule has 1 aromatic carbocycles. The van der Waals surface area contributed by atoms with Crippen LogP contribution in [-0.4, -0.2) is 6.54 Å². The van der Waals surface area contributed by atoms with Crippen LogP contribution in [0.25, 0.3) is 0 Å². The Morgan fingerprint density at radius 1 is 1.15 bits per heavy atom. The van der Waals surface area contributed by atoms with Gasteiger partial charge in [0.25, 0.3) is 0 Å². The molecule has 0 saturated carbocycles. The van der Waals surface area contributed by atoms with E-state index in [9.17, 15) is 0 Å². The van der Waals surface area contributed by atoms with Gasteiger partial charge in [-0.25, -0.2) is 0 Å². The second-order valence-corrected chi connectivity index (χ2v) is 5.60. The van der Waals surface area contributed by atoms with Gasteiger partial charge < -0.3 is 9.73 Å². The standard InChI is InChI=1S/C18H25NO/c1-5-8-19-17(12-16-7-6-9-20-16)18-14(3)10-13(2)11-15(18)4/h6-7,9-11,17,19H,5,8,12H2,1-4H3. The van der Waals surface area contributed by atoms with Gasteiger partial charge in [0, 0.05) is 12.5 Å². The number of nitrogens with one attached hydrogen (secondary N) is 1.